The maximum absolute atomic E-state index is 6.82. The zero-order valence-corrected chi connectivity index (χ0v) is 17.2. The Morgan fingerprint density at radius 1 is 0.964 bits per heavy atom. The molecule has 0 bridgehead atoms. The molecule has 0 aliphatic carbocycles. The molecule has 0 fully saturated rings. The number of ether oxygens (including phenoxy) is 1. The second-order valence-electron chi connectivity index (χ2n) is 8.61. The average Bonchev–Trinajstić information content (AvgIpc) is 2.86. The number of anilines is 2. The molecule has 0 aromatic heterocycles. The van der Waals surface area contributed by atoms with E-state index in [1.54, 1.807) is 0 Å². The van der Waals surface area contributed by atoms with Gasteiger partial charge >= 0.3 is 0 Å². The molecule has 2 aliphatic heterocycles. The molecule has 142 valence electrons. The van der Waals surface area contributed by atoms with Gasteiger partial charge in [0.1, 0.15) is 5.75 Å². The number of hydrogen-bond acceptors (Lipinski definition) is 3. The summed E-state index contributed by atoms with van der Waals surface area (Å²) in [6.45, 7) is 4.57. The molecule has 3 nitrogen and oxygen atoms in total. The summed E-state index contributed by atoms with van der Waals surface area (Å²) in [5.41, 5.74) is 4.17. The van der Waals surface area contributed by atoms with Gasteiger partial charge < -0.3 is 14.5 Å². The van der Waals surface area contributed by atoms with Crippen molar-refractivity contribution >= 4 is 28.2 Å². The van der Waals surface area contributed by atoms with E-state index in [1.807, 2.05) is 0 Å². The Morgan fingerprint density at radius 2 is 1.75 bits per heavy atom. The Labute approximate surface area is 166 Å². The molecule has 5 rings (SSSR count). The van der Waals surface area contributed by atoms with E-state index in [0.29, 0.717) is 0 Å². The summed E-state index contributed by atoms with van der Waals surface area (Å²) in [6.07, 6.45) is 4.50. The minimum absolute atomic E-state index is 0.205. The monoisotopic (exact) mass is 370 g/mol. The van der Waals surface area contributed by atoms with Gasteiger partial charge in [-0.3, -0.25) is 0 Å². The van der Waals surface area contributed by atoms with Crippen LogP contribution in [0.4, 0.5) is 11.4 Å². The normalized spacial score (nSPS) is 21.5. The molecular formula is C25H26N2O. The molecule has 1 spiro atoms. The summed E-state index contributed by atoms with van der Waals surface area (Å²) in [5, 5.41) is 2.47. The van der Waals surface area contributed by atoms with Crippen molar-refractivity contribution in [2.75, 3.05) is 30.9 Å². The number of fused-ring (bicyclic) bond motifs is 4. The van der Waals surface area contributed by atoms with E-state index in [2.05, 4.69) is 112 Å². The molecule has 2 heterocycles. The summed E-state index contributed by atoms with van der Waals surface area (Å²) in [4.78, 5) is 4.44. The molecule has 0 amide bonds. The van der Waals surface area contributed by atoms with Crippen LogP contribution in [-0.4, -0.2) is 26.9 Å². The Kier molecular flexibility index (Phi) is 3.40. The van der Waals surface area contributed by atoms with E-state index in [0.717, 1.165) is 11.3 Å². The Morgan fingerprint density at radius 3 is 2.54 bits per heavy atom. The molecule has 1 unspecified atom stereocenters. The van der Waals surface area contributed by atoms with Crippen LogP contribution in [0.2, 0.25) is 0 Å². The zero-order chi connectivity index (χ0) is 19.7. The Bertz CT molecular complexity index is 1130. The van der Waals surface area contributed by atoms with Crippen molar-refractivity contribution in [1.29, 1.82) is 0 Å². The minimum Gasteiger partial charge on any atom is -0.463 e. The first-order valence-corrected chi connectivity index (χ1v) is 9.81. The SMILES string of the molecule is CN(C)c1ccc2c(c1)C(C)(C)C1(C=Cc3c(ccc4ccccc34)O1)N2C. The number of rotatable bonds is 1. The molecule has 3 aromatic rings. The van der Waals surface area contributed by atoms with Crippen molar-refractivity contribution in [1.82, 2.24) is 0 Å². The predicted octanol–water partition coefficient (Wildman–Crippen LogP) is 5.44. The second-order valence-corrected chi connectivity index (χ2v) is 8.61. The molecule has 28 heavy (non-hydrogen) atoms. The molecule has 3 heteroatoms. The second kappa shape index (κ2) is 5.54. The van der Waals surface area contributed by atoms with Crippen LogP contribution >= 0.6 is 0 Å². The van der Waals surface area contributed by atoms with Gasteiger partial charge in [0.15, 0.2) is 0 Å². The minimum atomic E-state index is -0.546. The van der Waals surface area contributed by atoms with Gasteiger partial charge in [-0.25, -0.2) is 0 Å². The third-order valence-corrected chi connectivity index (χ3v) is 6.60. The highest BCUT2D eigenvalue weighted by molar-refractivity contribution is 5.94. The van der Waals surface area contributed by atoms with Gasteiger partial charge in [0.2, 0.25) is 5.72 Å². The highest BCUT2D eigenvalue weighted by Gasteiger charge is 2.57. The lowest BCUT2D eigenvalue weighted by Crippen LogP contribution is -2.58. The van der Waals surface area contributed by atoms with Crippen molar-refractivity contribution in [2.24, 2.45) is 0 Å². The van der Waals surface area contributed by atoms with Gasteiger partial charge in [-0.2, -0.15) is 0 Å². The molecule has 0 radical (unpaired) electrons. The Balaban J connectivity index is 1.68. The van der Waals surface area contributed by atoms with Gasteiger partial charge in [-0.15, -0.1) is 0 Å². The maximum atomic E-state index is 6.82. The summed E-state index contributed by atoms with van der Waals surface area (Å²) in [5.74, 6) is 0.946. The van der Waals surface area contributed by atoms with Gasteiger partial charge in [-0.1, -0.05) is 30.3 Å². The standard InChI is InChI=1S/C25H26N2O/c1-24(2)21-16-18(26(3)4)11-12-22(21)27(5)25(24)15-14-20-19-9-7-6-8-17(19)10-13-23(20)28-25/h6-16H,1-5H3. The number of benzene rings is 3. The van der Waals surface area contributed by atoms with Gasteiger partial charge in [-0.05, 0) is 66.6 Å². The quantitative estimate of drug-likeness (QED) is 0.568. The van der Waals surface area contributed by atoms with Gasteiger partial charge in [0.25, 0.3) is 0 Å². The lowest BCUT2D eigenvalue weighted by molar-refractivity contribution is 0.0584. The van der Waals surface area contributed by atoms with E-state index in [4.69, 9.17) is 4.74 Å². The highest BCUT2D eigenvalue weighted by atomic mass is 16.5. The molecule has 1 atom stereocenters. The fraction of sp³-hybridized carbons (Fsp3) is 0.280. The van der Waals surface area contributed by atoms with Crippen molar-refractivity contribution in [3.63, 3.8) is 0 Å². The van der Waals surface area contributed by atoms with E-state index < -0.39 is 5.72 Å². The van der Waals surface area contributed by atoms with Crippen molar-refractivity contribution in [2.45, 2.75) is 25.0 Å². The zero-order valence-electron chi connectivity index (χ0n) is 17.2. The number of likely N-dealkylation sites (N-methyl/N-ethyl adjacent to an activating group) is 1. The van der Waals surface area contributed by atoms with E-state index in [1.165, 1.54) is 27.7 Å². The van der Waals surface area contributed by atoms with E-state index in [9.17, 15) is 0 Å². The van der Waals surface area contributed by atoms with Crippen LogP contribution in [0, 0.1) is 0 Å². The molecule has 0 N–H and O–H groups in total. The van der Waals surface area contributed by atoms with Crippen LogP contribution in [0.5, 0.6) is 5.75 Å². The smallest absolute Gasteiger partial charge is 0.211 e. The lowest BCUT2D eigenvalue weighted by Gasteiger charge is -2.46. The summed E-state index contributed by atoms with van der Waals surface area (Å²) < 4.78 is 6.82. The molecule has 0 saturated carbocycles. The number of nitrogens with zero attached hydrogens (tertiary/aromatic N) is 2. The van der Waals surface area contributed by atoms with E-state index >= 15 is 0 Å². The third kappa shape index (κ3) is 2.05. The van der Waals surface area contributed by atoms with Crippen LogP contribution in [0.3, 0.4) is 0 Å². The molecule has 2 aliphatic rings. The van der Waals surface area contributed by atoms with E-state index in [-0.39, 0.29) is 5.41 Å². The largest absolute Gasteiger partial charge is 0.463 e. The summed E-state index contributed by atoms with van der Waals surface area (Å²) in [7, 11) is 6.31. The van der Waals surface area contributed by atoms with Crippen molar-refractivity contribution in [3.05, 3.63) is 71.8 Å². The predicted molar refractivity (Wildman–Crippen MR) is 119 cm³/mol. The van der Waals surface area contributed by atoms with Crippen LogP contribution in [0.25, 0.3) is 16.8 Å². The summed E-state index contributed by atoms with van der Waals surface area (Å²) >= 11 is 0. The summed E-state index contributed by atoms with van der Waals surface area (Å²) in [6, 6.07) is 19.4. The van der Waals surface area contributed by atoms with Gasteiger partial charge in [0, 0.05) is 38.1 Å². The maximum Gasteiger partial charge on any atom is 0.211 e. The third-order valence-electron chi connectivity index (χ3n) is 6.60. The first-order valence-electron chi connectivity index (χ1n) is 9.81. The van der Waals surface area contributed by atoms with Crippen LogP contribution in [0.15, 0.2) is 60.7 Å². The molecule has 0 saturated heterocycles. The van der Waals surface area contributed by atoms with Crippen LogP contribution in [0.1, 0.15) is 25.0 Å². The van der Waals surface area contributed by atoms with Gasteiger partial charge in [0.05, 0.1) is 5.41 Å². The average molecular weight is 370 g/mol. The van der Waals surface area contributed by atoms with Crippen molar-refractivity contribution in [3.8, 4) is 5.75 Å². The lowest BCUT2D eigenvalue weighted by atomic mass is 9.76. The number of hydrogen-bond donors (Lipinski definition) is 0. The van der Waals surface area contributed by atoms with Crippen molar-refractivity contribution < 1.29 is 4.74 Å². The highest BCUT2D eigenvalue weighted by Crippen LogP contribution is 2.55. The Hall–Kier alpha value is -2.94. The molecule has 3 aromatic carbocycles. The fourth-order valence-corrected chi connectivity index (χ4v) is 4.84. The molecular weight excluding hydrogens is 344 g/mol. The first kappa shape index (κ1) is 17.2. The van der Waals surface area contributed by atoms with Crippen LogP contribution in [-0.2, 0) is 5.41 Å². The fourth-order valence-electron chi connectivity index (χ4n) is 4.84. The first-order chi connectivity index (χ1) is 13.3. The topological polar surface area (TPSA) is 15.7 Å². The van der Waals surface area contributed by atoms with Crippen LogP contribution < -0.4 is 14.5 Å².